The number of carbonyl (C=O) groups excluding carboxylic acids is 2. The molecule has 0 radical (unpaired) electrons. The SMILES string of the molecule is Cc1nc2ccc(NC(=O)c3cc(C4CCN(C(=O)OC(C)(C)C)C4)[nH]n3)cn2n1. The monoisotopic (exact) mass is 411 g/mol. The molecule has 2 amide bonds. The second kappa shape index (κ2) is 7.43. The average Bonchev–Trinajstić information content (AvgIpc) is 3.38. The zero-order chi connectivity index (χ0) is 21.5. The largest absolute Gasteiger partial charge is 0.444 e. The fraction of sp³-hybridized carbons (Fsp3) is 0.450. The Kier molecular flexibility index (Phi) is 4.92. The molecule has 10 nitrogen and oxygen atoms in total. The average molecular weight is 411 g/mol. The predicted molar refractivity (Wildman–Crippen MR) is 109 cm³/mol. The van der Waals surface area contributed by atoms with Crippen LogP contribution in [0.5, 0.6) is 0 Å². The van der Waals surface area contributed by atoms with Gasteiger partial charge in [-0.1, -0.05) is 0 Å². The highest BCUT2D eigenvalue weighted by Gasteiger charge is 2.31. The first kappa shape index (κ1) is 19.9. The Balaban J connectivity index is 1.39. The Bertz CT molecular complexity index is 1100. The molecule has 2 N–H and O–H groups in total. The van der Waals surface area contributed by atoms with Gasteiger partial charge in [0.2, 0.25) is 0 Å². The maximum Gasteiger partial charge on any atom is 0.410 e. The molecule has 4 rings (SSSR count). The molecule has 4 heterocycles. The van der Waals surface area contributed by atoms with E-state index in [1.165, 1.54) is 0 Å². The van der Waals surface area contributed by atoms with E-state index in [9.17, 15) is 9.59 Å². The number of hydrogen-bond acceptors (Lipinski definition) is 6. The summed E-state index contributed by atoms with van der Waals surface area (Å²) in [7, 11) is 0. The fourth-order valence-electron chi connectivity index (χ4n) is 3.43. The van der Waals surface area contributed by atoms with Gasteiger partial charge in [0, 0.05) is 24.7 Å². The van der Waals surface area contributed by atoms with Crippen LogP contribution in [0, 0.1) is 6.92 Å². The number of anilines is 1. The number of aromatic nitrogens is 5. The van der Waals surface area contributed by atoms with Gasteiger partial charge in [0.1, 0.15) is 11.4 Å². The molecule has 0 aromatic carbocycles. The molecule has 3 aromatic heterocycles. The Morgan fingerprint density at radius 2 is 2.10 bits per heavy atom. The van der Waals surface area contributed by atoms with Crippen molar-refractivity contribution in [2.45, 2.75) is 45.6 Å². The van der Waals surface area contributed by atoms with Crippen molar-refractivity contribution in [2.75, 3.05) is 18.4 Å². The van der Waals surface area contributed by atoms with Crippen LogP contribution in [0.15, 0.2) is 24.4 Å². The summed E-state index contributed by atoms with van der Waals surface area (Å²) in [6.45, 7) is 8.49. The van der Waals surface area contributed by atoms with Gasteiger partial charge in [0.15, 0.2) is 11.3 Å². The minimum Gasteiger partial charge on any atom is -0.444 e. The van der Waals surface area contributed by atoms with Crippen molar-refractivity contribution in [3.63, 3.8) is 0 Å². The smallest absolute Gasteiger partial charge is 0.410 e. The number of likely N-dealkylation sites (tertiary alicyclic amines) is 1. The van der Waals surface area contributed by atoms with Crippen molar-refractivity contribution in [1.29, 1.82) is 0 Å². The molecule has 0 saturated carbocycles. The van der Waals surface area contributed by atoms with E-state index in [0.29, 0.717) is 30.2 Å². The van der Waals surface area contributed by atoms with E-state index < -0.39 is 5.60 Å². The number of amides is 2. The van der Waals surface area contributed by atoms with Crippen LogP contribution in [-0.4, -0.2) is 60.4 Å². The molecule has 30 heavy (non-hydrogen) atoms. The van der Waals surface area contributed by atoms with Crippen LogP contribution in [-0.2, 0) is 4.74 Å². The van der Waals surface area contributed by atoms with Crippen LogP contribution in [0.1, 0.15) is 55.1 Å². The number of hydrogen-bond donors (Lipinski definition) is 2. The number of rotatable bonds is 3. The van der Waals surface area contributed by atoms with Crippen molar-refractivity contribution in [3.05, 3.63) is 41.6 Å². The maximum absolute atomic E-state index is 12.6. The number of ether oxygens (including phenoxy) is 1. The van der Waals surface area contributed by atoms with Gasteiger partial charge in [-0.2, -0.15) is 10.2 Å². The molecule has 1 aliphatic heterocycles. The lowest BCUT2D eigenvalue weighted by Crippen LogP contribution is -2.35. The number of nitrogens with one attached hydrogen (secondary N) is 2. The maximum atomic E-state index is 12.6. The van der Waals surface area contributed by atoms with Gasteiger partial charge in [0.05, 0.1) is 11.9 Å². The Morgan fingerprint density at radius 1 is 1.30 bits per heavy atom. The van der Waals surface area contributed by atoms with Gasteiger partial charge in [0.25, 0.3) is 5.91 Å². The van der Waals surface area contributed by atoms with Crippen LogP contribution >= 0.6 is 0 Å². The van der Waals surface area contributed by atoms with Crippen molar-refractivity contribution in [1.82, 2.24) is 29.7 Å². The predicted octanol–water partition coefficient (Wildman–Crippen LogP) is 2.74. The number of nitrogens with zero attached hydrogens (tertiary/aromatic N) is 5. The fourth-order valence-corrected chi connectivity index (χ4v) is 3.43. The highest BCUT2D eigenvalue weighted by molar-refractivity contribution is 6.02. The Hall–Kier alpha value is -3.43. The quantitative estimate of drug-likeness (QED) is 0.684. The summed E-state index contributed by atoms with van der Waals surface area (Å²) >= 11 is 0. The Morgan fingerprint density at radius 3 is 2.87 bits per heavy atom. The van der Waals surface area contributed by atoms with Gasteiger partial charge < -0.3 is 15.0 Å². The number of pyridine rings is 1. The highest BCUT2D eigenvalue weighted by atomic mass is 16.6. The van der Waals surface area contributed by atoms with Crippen LogP contribution in [0.2, 0.25) is 0 Å². The third-order valence-corrected chi connectivity index (χ3v) is 4.80. The number of aryl methyl sites for hydroxylation is 1. The number of aromatic amines is 1. The van der Waals surface area contributed by atoms with E-state index in [0.717, 1.165) is 12.1 Å². The van der Waals surface area contributed by atoms with Crippen molar-refractivity contribution in [2.24, 2.45) is 0 Å². The topological polar surface area (TPSA) is 118 Å². The van der Waals surface area contributed by atoms with E-state index in [-0.39, 0.29) is 23.6 Å². The van der Waals surface area contributed by atoms with E-state index in [2.05, 4.69) is 25.6 Å². The van der Waals surface area contributed by atoms with Crippen molar-refractivity contribution in [3.8, 4) is 0 Å². The zero-order valence-electron chi connectivity index (χ0n) is 17.5. The van der Waals surface area contributed by atoms with Crippen LogP contribution in [0.4, 0.5) is 10.5 Å². The molecule has 1 fully saturated rings. The van der Waals surface area contributed by atoms with Gasteiger partial charge in [-0.25, -0.2) is 14.3 Å². The summed E-state index contributed by atoms with van der Waals surface area (Å²) in [5, 5.41) is 14.1. The number of carbonyl (C=O) groups is 2. The summed E-state index contributed by atoms with van der Waals surface area (Å²) < 4.78 is 7.05. The second-order valence-electron chi connectivity index (χ2n) is 8.45. The van der Waals surface area contributed by atoms with Gasteiger partial charge in [-0.15, -0.1) is 0 Å². The molecular weight excluding hydrogens is 386 g/mol. The second-order valence-corrected chi connectivity index (χ2v) is 8.45. The van der Waals surface area contributed by atoms with Gasteiger partial charge in [-0.05, 0) is 52.3 Å². The lowest BCUT2D eigenvalue weighted by Gasteiger charge is -2.24. The summed E-state index contributed by atoms with van der Waals surface area (Å²) in [4.78, 5) is 30.8. The molecule has 158 valence electrons. The van der Waals surface area contributed by atoms with Gasteiger partial charge in [-0.3, -0.25) is 9.89 Å². The molecule has 10 heteroatoms. The van der Waals surface area contributed by atoms with Crippen LogP contribution < -0.4 is 5.32 Å². The Labute approximate surface area is 173 Å². The van der Waals surface area contributed by atoms with Crippen molar-refractivity contribution < 1.29 is 14.3 Å². The molecule has 0 aliphatic carbocycles. The standard InChI is InChI=1S/C20H25N7O3/c1-12-21-17-6-5-14(11-27(17)25-12)22-18(28)16-9-15(23-24-16)13-7-8-26(10-13)19(29)30-20(2,3)4/h5-6,9,11,13H,7-8,10H2,1-4H3,(H,22,28)(H,23,24). The minimum atomic E-state index is -0.525. The van der Waals surface area contributed by atoms with Crippen LogP contribution in [0.25, 0.3) is 5.65 Å². The first-order valence-corrected chi connectivity index (χ1v) is 9.85. The first-order chi connectivity index (χ1) is 14.2. The van der Waals surface area contributed by atoms with E-state index in [1.54, 1.807) is 33.8 Å². The normalized spacial score (nSPS) is 16.8. The molecule has 0 bridgehead atoms. The molecule has 1 atom stereocenters. The lowest BCUT2D eigenvalue weighted by molar-refractivity contribution is 0.0292. The summed E-state index contributed by atoms with van der Waals surface area (Å²) in [5.41, 5.74) is 1.90. The molecule has 1 saturated heterocycles. The van der Waals surface area contributed by atoms with E-state index >= 15 is 0 Å². The first-order valence-electron chi connectivity index (χ1n) is 9.85. The molecule has 1 unspecified atom stereocenters. The van der Waals surface area contributed by atoms with E-state index in [4.69, 9.17) is 4.74 Å². The molecule has 3 aromatic rings. The van der Waals surface area contributed by atoms with E-state index in [1.807, 2.05) is 27.7 Å². The number of H-pyrrole nitrogens is 1. The third kappa shape index (κ3) is 4.27. The van der Waals surface area contributed by atoms with Gasteiger partial charge >= 0.3 is 6.09 Å². The summed E-state index contributed by atoms with van der Waals surface area (Å²) in [6.07, 6.45) is 2.17. The third-order valence-electron chi connectivity index (χ3n) is 4.80. The summed E-state index contributed by atoms with van der Waals surface area (Å²) in [5.74, 6) is 0.420. The van der Waals surface area contributed by atoms with Crippen molar-refractivity contribution >= 4 is 23.3 Å². The zero-order valence-corrected chi connectivity index (χ0v) is 17.5. The molecule has 0 spiro atoms. The minimum absolute atomic E-state index is 0.0843. The summed E-state index contributed by atoms with van der Waals surface area (Å²) in [6, 6.07) is 5.29. The lowest BCUT2D eigenvalue weighted by atomic mass is 10.1. The van der Waals surface area contributed by atoms with Crippen LogP contribution in [0.3, 0.4) is 0 Å². The highest BCUT2D eigenvalue weighted by Crippen LogP contribution is 2.27. The number of fused-ring (bicyclic) bond motifs is 1. The molecule has 1 aliphatic rings. The molecular formula is C20H25N7O3.